The first-order chi connectivity index (χ1) is 17.7. The normalized spacial score (nSPS) is 24.2. The van der Waals surface area contributed by atoms with Crippen LogP contribution in [-0.2, 0) is 34.8 Å². The van der Waals surface area contributed by atoms with E-state index in [1.807, 2.05) is 25.1 Å². The van der Waals surface area contributed by atoms with Crippen LogP contribution in [0.5, 0.6) is 0 Å². The van der Waals surface area contributed by atoms with Crippen LogP contribution in [0.4, 0.5) is 0 Å². The van der Waals surface area contributed by atoms with Gasteiger partial charge in [-0.1, -0.05) is 18.5 Å². The SMILES string of the molecule is CC[C@@]1(O)CC(=O)OCc2c1cc1n(c2=O)Cc2c-1nc1cc(Cl)c(C)cc1c2CNCC1CC(O)C1. The lowest BCUT2D eigenvalue weighted by Crippen LogP contribution is -2.36. The molecule has 3 aliphatic rings. The smallest absolute Gasteiger partial charge is 0.309 e. The summed E-state index contributed by atoms with van der Waals surface area (Å²) in [7, 11) is 0. The highest BCUT2D eigenvalue weighted by atomic mass is 35.5. The van der Waals surface area contributed by atoms with Crippen LogP contribution >= 0.6 is 11.6 Å². The van der Waals surface area contributed by atoms with Crippen molar-refractivity contribution in [3.63, 3.8) is 0 Å². The second-order valence-electron chi connectivity index (χ2n) is 10.7. The van der Waals surface area contributed by atoms with E-state index in [2.05, 4.69) is 5.32 Å². The van der Waals surface area contributed by atoms with Gasteiger partial charge in [-0.3, -0.25) is 9.59 Å². The summed E-state index contributed by atoms with van der Waals surface area (Å²) in [5.74, 6) is -0.0655. The van der Waals surface area contributed by atoms with Gasteiger partial charge in [0.05, 0.1) is 41.5 Å². The predicted molar refractivity (Wildman–Crippen MR) is 139 cm³/mol. The molecule has 194 valence electrons. The number of aliphatic hydroxyl groups is 2. The van der Waals surface area contributed by atoms with Crippen LogP contribution in [-0.4, -0.2) is 38.4 Å². The second-order valence-corrected chi connectivity index (χ2v) is 11.1. The van der Waals surface area contributed by atoms with Gasteiger partial charge in [-0.05, 0) is 73.5 Å². The van der Waals surface area contributed by atoms with Gasteiger partial charge in [-0.25, -0.2) is 4.98 Å². The number of pyridine rings is 2. The summed E-state index contributed by atoms with van der Waals surface area (Å²) in [4.78, 5) is 30.9. The lowest BCUT2D eigenvalue weighted by molar-refractivity contribution is -0.149. The number of nitrogens with zero attached hydrogens (tertiary/aromatic N) is 2. The zero-order valence-electron chi connectivity index (χ0n) is 20.9. The number of benzene rings is 1. The maximum Gasteiger partial charge on any atom is 0.309 e. The lowest BCUT2D eigenvalue weighted by Gasteiger charge is -2.31. The quantitative estimate of drug-likeness (QED) is 0.344. The van der Waals surface area contributed by atoms with Crippen LogP contribution in [0.3, 0.4) is 0 Å². The number of hydrogen-bond donors (Lipinski definition) is 3. The van der Waals surface area contributed by atoms with Gasteiger partial charge >= 0.3 is 5.97 Å². The molecule has 0 spiro atoms. The molecule has 3 N–H and O–H groups in total. The highest BCUT2D eigenvalue weighted by Gasteiger charge is 2.40. The highest BCUT2D eigenvalue weighted by molar-refractivity contribution is 6.32. The Kier molecular flexibility index (Phi) is 5.91. The van der Waals surface area contributed by atoms with Crippen LogP contribution in [0.1, 0.15) is 60.4 Å². The number of ether oxygens (including phenoxy) is 1. The monoisotopic (exact) mass is 523 g/mol. The molecular formula is C28H30ClN3O5. The fourth-order valence-electron chi connectivity index (χ4n) is 5.96. The number of carbonyl (C=O) groups is 1. The van der Waals surface area contributed by atoms with Gasteiger partial charge in [0.15, 0.2) is 0 Å². The number of fused-ring (bicyclic) bond motifs is 5. The molecule has 3 aromatic rings. The third kappa shape index (κ3) is 3.98. The minimum atomic E-state index is -1.48. The molecule has 0 unspecified atom stereocenters. The van der Waals surface area contributed by atoms with Gasteiger partial charge in [-0.2, -0.15) is 0 Å². The van der Waals surface area contributed by atoms with Gasteiger partial charge in [0.2, 0.25) is 0 Å². The van der Waals surface area contributed by atoms with E-state index in [0.717, 1.165) is 47.0 Å². The number of hydrogen-bond acceptors (Lipinski definition) is 7. The number of aromatic nitrogens is 2. The topological polar surface area (TPSA) is 114 Å². The number of rotatable bonds is 5. The molecule has 2 aromatic heterocycles. The minimum absolute atomic E-state index is 0.155. The van der Waals surface area contributed by atoms with Crippen molar-refractivity contribution in [1.82, 2.24) is 14.9 Å². The summed E-state index contributed by atoms with van der Waals surface area (Å²) >= 11 is 6.47. The van der Waals surface area contributed by atoms with Crippen LogP contribution in [0, 0.1) is 12.8 Å². The molecule has 9 heteroatoms. The van der Waals surface area contributed by atoms with Gasteiger partial charge in [-0.15, -0.1) is 0 Å². The van der Waals surface area contributed by atoms with E-state index in [4.69, 9.17) is 21.3 Å². The van der Waals surface area contributed by atoms with Gasteiger partial charge in [0.25, 0.3) is 5.56 Å². The van der Waals surface area contributed by atoms with E-state index in [-0.39, 0.29) is 31.1 Å². The number of halogens is 1. The summed E-state index contributed by atoms with van der Waals surface area (Å²) in [5.41, 5.74) is 4.05. The first-order valence-electron chi connectivity index (χ1n) is 12.8. The second kappa shape index (κ2) is 8.91. The molecule has 8 nitrogen and oxygen atoms in total. The van der Waals surface area contributed by atoms with E-state index in [0.29, 0.717) is 46.5 Å². The molecule has 1 saturated carbocycles. The van der Waals surface area contributed by atoms with E-state index in [9.17, 15) is 19.8 Å². The number of cyclic esters (lactones) is 1. The molecule has 6 rings (SSSR count). The van der Waals surface area contributed by atoms with Crippen molar-refractivity contribution in [2.75, 3.05) is 6.54 Å². The number of aryl methyl sites for hydroxylation is 1. The van der Waals surface area contributed by atoms with Crippen molar-refractivity contribution < 1.29 is 19.7 Å². The lowest BCUT2D eigenvalue weighted by atomic mass is 9.82. The van der Waals surface area contributed by atoms with Gasteiger partial charge in [0.1, 0.15) is 12.2 Å². The van der Waals surface area contributed by atoms with Crippen molar-refractivity contribution in [2.24, 2.45) is 5.92 Å². The van der Waals surface area contributed by atoms with E-state index in [1.54, 1.807) is 11.5 Å². The Morgan fingerprint density at radius 3 is 2.76 bits per heavy atom. The van der Waals surface area contributed by atoms with Crippen molar-refractivity contribution in [3.8, 4) is 11.4 Å². The number of nitrogens with one attached hydrogen (secondary N) is 1. The van der Waals surface area contributed by atoms with Gasteiger partial charge < -0.3 is 24.8 Å². The van der Waals surface area contributed by atoms with E-state index < -0.39 is 11.6 Å². The van der Waals surface area contributed by atoms with Crippen LogP contribution < -0.4 is 10.9 Å². The highest BCUT2D eigenvalue weighted by Crippen LogP contribution is 2.41. The average molecular weight is 524 g/mol. The third-order valence-electron chi connectivity index (χ3n) is 8.29. The Labute approximate surface area is 219 Å². The molecule has 0 amide bonds. The number of esters is 1. The van der Waals surface area contributed by atoms with E-state index in [1.165, 1.54) is 0 Å². The summed E-state index contributed by atoms with van der Waals surface area (Å²) < 4.78 is 6.96. The van der Waals surface area contributed by atoms with Gasteiger partial charge in [0, 0.05) is 22.5 Å². The van der Waals surface area contributed by atoms with Crippen molar-refractivity contribution in [3.05, 3.63) is 61.4 Å². The molecule has 1 aliphatic carbocycles. The molecule has 0 saturated heterocycles. The van der Waals surface area contributed by atoms with E-state index >= 15 is 0 Å². The molecule has 0 bridgehead atoms. The maximum absolute atomic E-state index is 13.7. The zero-order valence-corrected chi connectivity index (χ0v) is 21.7. The van der Waals surface area contributed by atoms with Crippen LogP contribution in [0.25, 0.3) is 22.3 Å². The zero-order chi connectivity index (χ0) is 26.1. The predicted octanol–water partition coefficient (Wildman–Crippen LogP) is 3.29. The summed E-state index contributed by atoms with van der Waals surface area (Å²) in [6.07, 6.45) is 1.51. The third-order valence-corrected chi connectivity index (χ3v) is 8.70. The van der Waals surface area contributed by atoms with Crippen LogP contribution in [0.15, 0.2) is 23.0 Å². The first kappa shape index (κ1) is 24.6. The largest absolute Gasteiger partial charge is 0.460 e. The summed E-state index contributed by atoms with van der Waals surface area (Å²) in [6, 6.07) is 5.72. The first-order valence-corrected chi connectivity index (χ1v) is 13.2. The summed E-state index contributed by atoms with van der Waals surface area (Å²) in [6.45, 7) is 5.34. The Hall–Kier alpha value is -2.78. The number of carbonyl (C=O) groups excluding carboxylic acids is 1. The molecule has 1 aromatic carbocycles. The van der Waals surface area contributed by atoms with Crippen molar-refractivity contribution >= 4 is 28.5 Å². The Morgan fingerprint density at radius 2 is 2.03 bits per heavy atom. The standard InChI is InChI=1S/C28H30ClN3O5/c1-3-28(36)9-25(34)37-13-20-21(28)7-24-26-19(12-32(24)27(20)35)18(11-30-10-15-5-16(33)6-15)17-4-14(2)22(29)8-23(17)31-26/h4,7-8,15-16,30,33,36H,3,5-6,9-13H2,1-2H3/t15?,16?,28-/m1/s1. The van der Waals surface area contributed by atoms with Crippen molar-refractivity contribution in [1.29, 1.82) is 0 Å². The molecule has 1 atom stereocenters. The molecular weight excluding hydrogens is 494 g/mol. The van der Waals surface area contributed by atoms with Crippen molar-refractivity contribution in [2.45, 2.75) is 70.9 Å². The molecule has 0 radical (unpaired) electrons. The number of aliphatic hydroxyl groups excluding tert-OH is 1. The van der Waals surface area contributed by atoms with Crippen LogP contribution in [0.2, 0.25) is 5.02 Å². The molecule has 4 heterocycles. The Balaban J connectivity index is 1.50. The maximum atomic E-state index is 13.7. The molecule has 1 fully saturated rings. The average Bonchev–Trinajstić information content (AvgIpc) is 3.14. The summed E-state index contributed by atoms with van der Waals surface area (Å²) in [5, 5.41) is 26.2. The fourth-order valence-corrected chi connectivity index (χ4v) is 6.12. The Bertz CT molecular complexity index is 1510. The minimum Gasteiger partial charge on any atom is -0.460 e. The molecule has 37 heavy (non-hydrogen) atoms. The fraction of sp³-hybridized carbons (Fsp3) is 0.464. The molecule has 2 aliphatic heterocycles. The Morgan fingerprint density at radius 1 is 1.24 bits per heavy atom.